The molecule has 0 saturated carbocycles. The van der Waals surface area contributed by atoms with Crippen LogP contribution in [0.15, 0.2) is 39.8 Å². The molecule has 1 N–H and O–H groups in total. The maximum atomic E-state index is 13.4. The van der Waals surface area contributed by atoms with Crippen molar-refractivity contribution < 1.29 is 22.1 Å². The van der Waals surface area contributed by atoms with Crippen LogP contribution >= 0.6 is 0 Å². The Morgan fingerprint density at radius 3 is 2.71 bits per heavy atom. The van der Waals surface area contributed by atoms with Crippen LogP contribution in [0.3, 0.4) is 0 Å². The first-order valence-electron chi connectivity index (χ1n) is 5.78. The predicted molar refractivity (Wildman–Crippen MR) is 70.5 cm³/mol. The van der Waals surface area contributed by atoms with Crippen molar-refractivity contribution in [2.24, 2.45) is 0 Å². The van der Waals surface area contributed by atoms with Gasteiger partial charge in [-0.25, -0.2) is 13.1 Å². The molecule has 112 valence electrons. The highest BCUT2D eigenvalue weighted by atomic mass is 32.2. The summed E-state index contributed by atoms with van der Waals surface area (Å²) in [6.45, 7) is 1.24. The third-order valence-corrected chi connectivity index (χ3v) is 4.29. The van der Waals surface area contributed by atoms with E-state index in [4.69, 9.17) is 4.42 Å². The lowest BCUT2D eigenvalue weighted by atomic mass is 10.2. The van der Waals surface area contributed by atoms with Crippen molar-refractivity contribution >= 4 is 15.7 Å². The fourth-order valence-corrected chi connectivity index (χ4v) is 2.97. The van der Waals surface area contributed by atoms with Crippen molar-refractivity contribution in [3.8, 4) is 0 Å². The Morgan fingerprint density at radius 1 is 1.43 bits per heavy atom. The summed E-state index contributed by atoms with van der Waals surface area (Å²) in [5.74, 6) is -0.699. The molecule has 9 heteroatoms. The first-order valence-corrected chi connectivity index (χ1v) is 7.26. The minimum Gasteiger partial charge on any atom is -0.468 e. The molecule has 0 fully saturated rings. The molecule has 0 amide bonds. The zero-order chi connectivity index (χ0) is 15.6. The number of aryl methyl sites for hydroxylation is 1. The molecule has 0 saturated heterocycles. The van der Waals surface area contributed by atoms with Gasteiger partial charge < -0.3 is 4.42 Å². The number of halogens is 1. The van der Waals surface area contributed by atoms with Gasteiger partial charge in [-0.1, -0.05) is 0 Å². The minimum atomic E-state index is -4.02. The first-order chi connectivity index (χ1) is 9.81. The van der Waals surface area contributed by atoms with Crippen molar-refractivity contribution in [3.05, 3.63) is 57.8 Å². The maximum absolute atomic E-state index is 13.4. The maximum Gasteiger partial charge on any atom is 0.306 e. The second-order valence-electron chi connectivity index (χ2n) is 4.23. The molecule has 0 bridgehead atoms. The molecule has 0 aliphatic rings. The number of nitro groups is 1. The van der Waals surface area contributed by atoms with Crippen LogP contribution in [0.25, 0.3) is 0 Å². The third kappa shape index (κ3) is 3.26. The summed E-state index contributed by atoms with van der Waals surface area (Å²) in [4.78, 5) is 9.38. The Morgan fingerprint density at radius 2 is 2.14 bits per heavy atom. The highest BCUT2D eigenvalue weighted by Crippen LogP contribution is 2.25. The average Bonchev–Trinajstić information content (AvgIpc) is 2.88. The standard InChI is InChI=1S/C12H11FN2O5S/c1-8-5-10(13)11(15(16)17)6-12(8)21(18,19)14-7-9-3-2-4-20-9/h2-6,14H,7H2,1H3. The van der Waals surface area contributed by atoms with Gasteiger partial charge in [-0.3, -0.25) is 10.1 Å². The SMILES string of the molecule is Cc1cc(F)c([N+](=O)[O-])cc1S(=O)(=O)NCc1ccco1. The van der Waals surface area contributed by atoms with Crippen molar-refractivity contribution in [1.29, 1.82) is 0 Å². The number of nitro benzene ring substituents is 1. The lowest BCUT2D eigenvalue weighted by molar-refractivity contribution is -0.387. The molecule has 21 heavy (non-hydrogen) atoms. The zero-order valence-corrected chi connectivity index (χ0v) is 11.7. The summed E-state index contributed by atoms with van der Waals surface area (Å²) >= 11 is 0. The highest BCUT2D eigenvalue weighted by molar-refractivity contribution is 7.89. The second-order valence-corrected chi connectivity index (χ2v) is 5.97. The third-order valence-electron chi connectivity index (χ3n) is 2.75. The van der Waals surface area contributed by atoms with Crippen LogP contribution in [0.4, 0.5) is 10.1 Å². The van der Waals surface area contributed by atoms with Gasteiger partial charge in [0.25, 0.3) is 0 Å². The molecule has 2 aromatic rings. The second kappa shape index (κ2) is 5.62. The average molecular weight is 314 g/mol. The number of furan rings is 1. The van der Waals surface area contributed by atoms with E-state index < -0.39 is 26.5 Å². The predicted octanol–water partition coefficient (Wildman–Crippen LogP) is 2.11. The van der Waals surface area contributed by atoms with Gasteiger partial charge in [0.2, 0.25) is 15.8 Å². The Labute approximate surface area is 119 Å². The summed E-state index contributed by atoms with van der Waals surface area (Å²) < 4.78 is 44.9. The van der Waals surface area contributed by atoms with Gasteiger partial charge in [0, 0.05) is 6.07 Å². The van der Waals surface area contributed by atoms with Gasteiger partial charge in [0.1, 0.15) is 5.76 Å². The number of hydrogen-bond donors (Lipinski definition) is 1. The van der Waals surface area contributed by atoms with E-state index in [1.165, 1.54) is 13.2 Å². The van der Waals surface area contributed by atoms with Gasteiger partial charge in [-0.2, -0.15) is 4.39 Å². The number of benzene rings is 1. The molecule has 0 aliphatic carbocycles. The largest absolute Gasteiger partial charge is 0.468 e. The van der Waals surface area contributed by atoms with E-state index in [1.807, 2.05) is 0 Å². The minimum absolute atomic E-state index is 0.0741. The normalized spacial score (nSPS) is 11.5. The summed E-state index contributed by atoms with van der Waals surface area (Å²) in [6.07, 6.45) is 1.39. The molecule has 1 aromatic heterocycles. The van der Waals surface area contributed by atoms with Gasteiger partial charge in [-0.05, 0) is 30.7 Å². The molecule has 1 heterocycles. The topological polar surface area (TPSA) is 102 Å². The summed E-state index contributed by atoms with van der Waals surface area (Å²) in [7, 11) is -4.02. The zero-order valence-electron chi connectivity index (χ0n) is 10.9. The van der Waals surface area contributed by atoms with Gasteiger partial charge >= 0.3 is 5.69 Å². The molecule has 0 aliphatic heterocycles. The van der Waals surface area contributed by atoms with Crippen LogP contribution in [-0.4, -0.2) is 13.3 Å². The molecule has 2 rings (SSSR count). The summed E-state index contributed by atoms with van der Waals surface area (Å²) in [5.41, 5.74) is -0.816. The van der Waals surface area contributed by atoms with Crippen LogP contribution < -0.4 is 4.72 Å². The van der Waals surface area contributed by atoms with E-state index in [0.717, 1.165) is 6.07 Å². The van der Waals surface area contributed by atoms with Crippen LogP contribution in [0.2, 0.25) is 0 Å². The number of nitrogens with one attached hydrogen (secondary N) is 1. The fourth-order valence-electron chi connectivity index (χ4n) is 1.73. The lowest BCUT2D eigenvalue weighted by Crippen LogP contribution is -2.24. The fraction of sp³-hybridized carbons (Fsp3) is 0.167. The van der Waals surface area contributed by atoms with Crippen molar-refractivity contribution in [2.45, 2.75) is 18.4 Å². The Kier molecular flexibility index (Phi) is 4.05. The van der Waals surface area contributed by atoms with Crippen LogP contribution in [-0.2, 0) is 16.6 Å². The molecular weight excluding hydrogens is 303 g/mol. The number of nitrogens with zero attached hydrogens (tertiary/aromatic N) is 1. The highest BCUT2D eigenvalue weighted by Gasteiger charge is 2.24. The Balaban J connectivity index is 2.35. The first kappa shape index (κ1) is 15.1. The van der Waals surface area contributed by atoms with Crippen molar-refractivity contribution in [3.63, 3.8) is 0 Å². The summed E-state index contributed by atoms with van der Waals surface area (Å²) in [5, 5.41) is 10.7. The number of hydrogen-bond acceptors (Lipinski definition) is 5. The molecule has 0 atom stereocenters. The Hall–Kier alpha value is -2.26. The summed E-state index contributed by atoms with van der Waals surface area (Å²) in [6, 6.07) is 4.69. The molecule has 7 nitrogen and oxygen atoms in total. The molecule has 0 spiro atoms. The molecule has 1 aromatic carbocycles. The lowest BCUT2D eigenvalue weighted by Gasteiger charge is -2.08. The van der Waals surface area contributed by atoms with Gasteiger partial charge in [0.05, 0.1) is 22.6 Å². The smallest absolute Gasteiger partial charge is 0.306 e. The van der Waals surface area contributed by atoms with Crippen LogP contribution in [0.1, 0.15) is 11.3 Å². The van der Waals surface area contributed by atoms with E-state index >= 15 is 0 Å². The van der Waals surface area contributed by atoms with Crippen molar-refractivity contribution in [1.82, 2.24) is 4.72 Å². The quantitative estimate of drug-likeness (QED) is 0.672. The Bertz CT molecular complexity index is 771. The van der Waals surface area contributed by atoms with Crippen molar-refractivity contribution in [2.75, 3.05) is 0 Å². The molecular formula is C12H11FN2O5S. The molecule has 0 unspecified atom stereocenters. The van der Waals surface area contributed by atoms with E-state index in [0.29, 0.717) is 11.8 Å². The van der Waals surface area contributed by atoms with Crippen LogP contribution in [0, 0.1) is 22.9 Å². The van der Waals surface area contributed by atoms with E-state index in [2.05, 4.69) is 4.72 Å². The monoisotopic (exact) mass is 314 g/mol. The van der Waals surface area contributed by atoms with E-state index in [-0.39, 0.29) is 17.0 Å². The van der Waals surface area contributed by atoms with Gasteiger partial charge in [0.15, 0.2) is 0 Å². The number of rotatable bonds is 5. The number of sulfonamides is 1. The molecule has 0 radical (unpaired) electrons. The van der Waals surface area contributed by atoms with E-state index in [1.54, 1.807) is 12.1 Å². The van der Waals surface area contributed by atoms with Gasteiger partial charge in [-0.15, -0.1) is 0 Å². The van der Waals surface area contributed by atoms with Crippen LogP contribution in [0.5, 0.6) is 0 Å². The van der Waals surface area contributed by atoms with E-state index in [9.17, 15) is 22.9 Å².